The number of carbonyl (C=O) groups is 1. The van der Waals surface area contributed by atoms with E-state index in [-0.39, 0.29) is 17.9 Å². The van der Waals surface area contributed by atoms with Crippen LogP contribution in [0.4, 0.5) is 12.0 Å². The molecule has 0 bridgehead atoms. The van der Waals surface area contributed by atoms with Gasteiger partial charge in [0.1, 0.15) is 0 Å². The average molecular weight is 239 g/mol. The van der Waals surface area contributed by atoms with Crippen molar-refractivity contribution >= 4 is 17.9 Å². The van der Waals surface area contributed by atoms with Gasteiger partial charge in [-0.1, -0.05) is 10.2 Å². The Bertz CT molecular complexity index is 373. The Kier molecular flexibility index (Phi) is 3.79. The number of aromatic nitrogens is 2. The largest absolute Gasteiger partial charge is 0.390 e. The van der Waals surface area contributed by atoms with E-state index in [1.54, 1.807) is 0 Å². The van der Waals surface area contributed by atoms with E-state index >= 15 is 0 Å². The highest BCUT2D eigenvalue weighted by Crippen LogP contribution is 2.10. The molecule has 0 unspecified atom stereocenters. The van der Waals surface area contributed by atoms with Gasteiger partial charge in [0.05, 0.1) is 0 Å². The summed E-state index contributed by atoms with van der Waals surface area (Å²) in [5.74, 6) is 0.171. The van der Waals surface area contributed by atoms with Crippen LogP contribution in [-0.2, 0) is 4.79 Å². The summed E-state index contributed by atoms with van der Waals surface area (Å²) >= 11 is 0. The standard InChI is InChI=1S/C10H17N5O2/c11-9-13-14-10(17-9)12-5-4-8(16)15-6-2-1-3-7-15/h1-7H2,(H2,11,13)(H,12,14). The summed E-state index contributed by atoms with van der Waals surface area (Å²) in [6.45, 7) is 2.25. The van der Waals surface area contributed by atoms with E-state index in [2.05, 4.69) is 15.5 Å². The number of nitrogens with zero attached hydrogens (tertiary/aromatic N) is 3. The molecule has 17 heavy (non-hydrogen) atoms. The van der Waals surface area contributed by atoms with Gasteiger partial charge in [-0.25, -0.2) is 0 Å². The maximum Gasteiger partial charge on any atom is 0.316 e. The summed E-state index contributed by atoms with van der Waals surface area (Å²) < 4.78 is 4.93. The number of nitrogens with one attached hydrogen (secondary N) is 1. The minimum Gasteiger partial charge on any atom is -0.390 e. The van der Waals surface area contributed by atoms with E-state index in [0.29, 0.717) is 13.0 Å². The lowest BCUT2D eigenvalue weighted by Crippen LogP contribution is -2.36. The van der Waals surface area contributed by atoms with Crippen LogP contribution in [0.3, 0.4) is 0 Å². The van der Waals surface area contributed by atoms with Crippen LogP contribution >= 0.6 is 0 Å². The van der Waals surface area contributed by atoms with Crippen molar-refractivity contribution in [3.63, 3.8) is 0 Å². The molecular weight excluding hydrogens is 222 g/mol. The third kappa shape index (κ3) is 3.33. The number of hydrogen-bond donors (Lipinski definition) is 2. The number of anilines is 2. The minimum atomic E-state index is 0.0230. The first kappa shape index (κ1) is 11.7. The second-order valence-electron chi connectivity index (χ2n) is 4.06. The third-order valence-electron chi connectivity index (χ3n) is 2.76. The van der Waals surface area contributed by atoms with Gasteiger partial charge in [0.2, 0.25) is 5.91 Å². The zero-order valence-electron chi connectivity index (χ0n) is 9.69. The van der Waals surface area contributed by atoms with E-state index in [9.17, 15) is 4.79 Å². The highest BCUT2D eigenvalue weighted by atomic mass is 16.4. The Hall–Kier alpha value is -1.79. The molecule has 1 saturated heterocycles. The first-order valence-corrected chi connectivity index (χ1v) is 5.86. The fourth-order valence-corrected chi connectivity index (χ4v) is 1.88. The molecule has 1 fully saturated rings. The number of nitrogen functional groups attached to an aromatic ring is 1. The molecule has 2 rings (SSSR count). The summed E-state index contributed by atoms with van der Waals surface area (Å²) in [7, 11) is 0. The molecule has 0 aromatic carbocycles. The molecule has 3 N–H and O–H groups in total. The van der Waals surface area contributed by atoms with Gasteiger partial charge in [0.25, 0.3) is 0 Å². The van der Waals surface area contributed by atoms with Gasteiger partial charge in [-0.2, -0.15) is 0 Å². The molecule has 7 heteroatoms. The summed E-state index contributed by atoms with van der Waals surface area (Å²) in [6.07, 6.45) is 3.88. The number of nitrogens with two attached hydrogens (primary N) is 1. The predicted molar refractivity (Wildman–Crippen MR) is 62.2 cm³/mol. The number of likely N-dealkylation sites (tertiary alicyclic amines) is 1. The quantitative estimate of drug-likeness (QED) is 0.792. The van der Waals surface area contributed by atoms with E-state index in [4.69, 9.17) is 10.2 Å². The first-order valence-electron chi connectivity index (χ1n) is 5.86. The van der Waals surface area contributed by atoms with Crippen LogP contribution < -0.4 is 11.1 Å². The lowest BCUT2D eigenvalue weighted by atomic mass is 10.1. The number of rotatable bonds is 4. The summed E-state index contributed by atoms with van der Waals surface area (Å²) in [5, 5.41) is 10.0. The number of carbonyl (C=O) groups excluding carboxylic acids is 1. The third-order valence-corrected chi connectivity index (χ3v) is 2.76. The van der Waals surface area contributed by atoms with Crippen molar-refractivity contribution in [1.29, 1.82) is 0 Å². The van der Waals surface area contributed by atoms with Gasteiger partial charge in [0.15, 0.2) is 0 Å². The van der Waals surface area contributed by atoms with Crippen LogP contribution in [0, 0.1) is 0 Å². The van der Waals surface area contributed by atoms with Crippen molar-refractivity contribution in [2.75, 3.05) is 30.7 Å². The van der Waals surface area contributed by atoms with Crippen molar-refractivity contribution in [3.05, 3.63) is 0 Å². The highest BCUT2D eigenvalue weighted by molar-refractivity contribution is 5.76. The van der Waals surface area contributed by atoms with Crippen LogP contribution in [0.1, 0.15) is 25.7 Å². The van der Waals surface area contributed by atoms with Gasteiger partial charge in [0, 0.05) is 26.1 Å². The maximum atomic E-state index is 11.8. The van der Waals surface area contributed by atoms with Crippen LogP contribution in [0.5, 0.6) is 0 Å². The average Bonchev–Trinajstić information content (AvgIpc) is 2.76. The van der Waals surface area contributed by atoms with Gasteiger partial charge >= 0.3 is 12.0 Å². The van der Waals surface area contributed by atoms with Gasteiger partial charge < -0.3 is 20.4 Å². The predicted octanol–water partition coefficient (Wildman–Crippen LogP) is 0.466. The van der Waals surface area contributed by atoms with Crippen molar-refractivity contribution in [1.82, 2.24) is 15.1 Å². The molecule has 1 aliphatic heterocycles. The first-order chi connectivity index (χ1) is 8.25. The SMILES string of the molecule is Nc1nnc(NCCC(=O)N2CCCCC2)o1. The lowest BCUT2D eigenvalue weighted by Gasteiger charge is -2.26. The Balaban J connectivity index is 1.69. The molecule has 0 radical (unpaired) electrons. The van der Waals surface area contributed by atoms with E-state index < -0.39 is 0 Å². The molecule has 7 nitrogen and oxygen atoms in total. The van der Waals surface area contributed by atoms with Crippen LogP contribution in [-0.4, -0.2) is 40.6 Å². The second kappa shape index (κ2) is 5.51. The van der Waals surface area contributed by atoms with Gasteiger partial charge in [-0.3, -0.25) is 4.79 Å². The van der Waals surface area contributed by atoms with Crippen molar-refractivity contribution in [3.8, 4) is 0 Å². The fraction of sp³-hybridized carbons (Fsp3) is 0.700. The molecular formula is C10H17N5O2. The molecule has 0 atom stereocenters. The van der Waals surface area contributed by atoms with Crippen LogP contribution in [0.15, 0.2) is 4.42 Å². The molecule has 1 amide bonds. The van der Waals surface area contributed by atoms with E-state index in [1.165, 1.54) is 6.42 Å². The van der Waals surface area contributed by atoms with Gasteiger partial charge in [-0.15, -0.1) is 0 Å². The maximum absolute atomic E-state index is 11.8. The zero-order chi connectivity index (χ0) is 12.1. The zero-order valence-corrected chi connectivity index (χ0v) is 9.69. The fourth-order valence-electron chi connectivity index (χ4n) is 1.88. The monoisotopic (exact) mass is 239 g/mol. The number of hydrogen-bond acceptors (Lipinski definition) is 6. The summed E-state index contributed by atoms with van der Waals surface area (Å²) in [4.78, 5) is 13.7. The summed E-state index contributed by atoms with van der Waals surface area (Å²) in [5.41, 5.74) is 5.27. The van der Waals surface area contributed by atoms with Crippen molar-refractivity contribution in [2.45, 2.75) is 25.7 Å². The second-order valence-corrected chi connectivity index (χ2v) is 4.06. The molecule has 2 heterocycles. The molecule has 0 aliphatic carbocycles. The minimum absolute atomic E-state index is 0.0230. The molecule has 1 aromatic heterocycles. The Morgan fingerprint density at radius 3 is 2.76 bits per heavy atom. The van der Waals surface area contributed by atoms with Crippen LogP contribution in [0.25, 0.3) is 0 Å². The Morgan fingerprint density at radius 2 is 2.12 bits per heavy atom. The molecule has 1 aliphatic rings. The molecule has 0 spiro atoms. The number of piperidine rings is 1. The Morgan fingerprint density at radius 1 is 1.35 bits per heavy atom. The number of amides is 1. The molecule has 0 saturated carbocycles. The lowest BCUT2D eigenvalue weighted by molar-refractivity contribution is -0.131. The smallest absolute Gasteiger partial charge is 0.316 e. The van der Waals surface area contributed by atoms with Crippen molar-refractivity contribution < 1.29 is 9.21 Å². The van der Waals surface area contributed by atoms with Gasteiger partial charge in [-0.05, 0) is 19.3 Å². The highest BCUT2D eigenvalue weighted by Gasteiger charge is 2.15. The Labute approximate surface area is 99.4 Å². The molecule has 1 aromatic rings. The topological polar surface area (TPSA) is 97.3 Å². The normalized spacial score (nSPS) is 15.9. The van der Waals surface area contributed by atoms with E-state index in [1.807, 2.05) is 4.90 Å². The summed E-state index contributed by atoms with van der Waals surface area (Å²) in [6, 6.07) is 0.281. The van der Waals surface area contributed by atoms with Crippen molar-refractivity contribution in [2.24, 2.45) is 0 Å². The van der Waals surface area contributed by atoms with Crippen LogP contribution in [0.2, 0.25) is 0 Å². The molecule has 94 valence electrons. The van der Waals surface area contributed by atoms with E-state index in [0.717, 1.165) is 25.9 Å².